The molecule has 0 atom stereocenters. The van der Waals surface area contributed by atoms with E-state index < -0.39 is 11.7 Å². The van der Waals surface area contributed by atoms with Crippen LogP contribution in [-0.4, -0.2) is 40.7 Å². The van der Waals surface area contributed by atoms with Crippen molar-refractivity contribution < 1.29 is 18.3 Å². The van der Waals surface area contributed by atoms with E-state index in [2.05, 4.69) is 10.4 Å². The van der Waals surface area contributed by atoms with Crippen LogP contribution in [0.4, 0.5) is 24.5 Å². The molecule has 2 aromatic rings. The Morgan fingerprint density at radius 2 is 1.72 bits per heavy atom. The van der Waals surface area contributed by atoms with Crippen LogP contribution in [0.3, 0.4) is 0 Å². The molecule has 0 unspecified atom stereocenters. The molecule has 1 heterocycles. The number of benzene rings is 2. The van der Waals surface area contributed by atoms with Gasteiger partial charge < -0.3 is 16.2 Å². The van der Waals surface area contributed by atoms with E-state index in [0.29, 0.717) is 16.9 Å². The second-order valence-corrected chi connectivity index (χ2v) is 7.31. The third-order valence-electron chi connectivity index (χ3n) is 3.84. The number of thioether (sulfide) groups is 1. The first kappa shape index (κ1) is 22.9. The first-order valence-corrected chi connectivity index (χ1v) is 10.1. The second-order valence-electron chi connectivity index (χ2n) is 6.08. The number of hydrogen-bond donors (Lipinski definition) is 4. The number of alkyl halides is 3. The fraction of sp³-hybridized carbons (Fsp3) is 0.316. The van der Waals surface area contributed by atoms with Crippen molar-refractivity contribution in [1.82, 2.24) is 5.12 Å². The molecular weight excluding hydrogens is 403 g/mol. The molecular formula is C19H24F3N5OS. The van der Waals surface area contributed by atoms with Gasteiger partial charge in [0.25, 0.3) is 0 Å². The van der Waals surface area contributed by atoms with Gasteiger partial charge >= 0.3 is 6.18 Å². The summed E-state index contributed by atoms with van der Waals surface area (Å²) in [6, 6.07) is 11.5. The molecule has 0 amide bonds. The van der Waals surface area contributed by atoms with E-state index in [1.165, 1.54) is 30.1 Å². The minimum absolute atomic E-state index is 0.103. The van der Waals surface area contributed by atoms with Crippen molar-refractivity contribution in [1.29, 1.82) is 0 Å². The lowest BCUT2D eigenvalue weighted by Crippen LogP contribution is -2.32. The zero-order chi connectivity index (χ0) is 21.3. The minimum Gasteiger partial charge on any atom is -0.394 e. The number of nitrogens with zero attached hydrogens (tertiary/aromatic N) is 2. The van der Waals surface area contributed by atoms with Gasteiger partial charge in [0.2, 0.25) is 0 Å². The van der Waals surface area contributed by atoms with Crippen LogP contribution in [0.1, 0.15) is 17.5 Å². The van der Waals surface area contributed by atoms with E-state index in [9.17, 15) is 13.2 Å². The van der Waals surface area contributed by atoms with Gasteiger partial charge in [-0.05, 0) is 54.3 Å². The van der Waals surface area contributed by atoms with E-state index in [0.717, 1.165) is 17.3 Å². The number of hydrogen-bond acceptors (Lipinski definition) is 6. The van der Waals surface area contributed by atoms with Gasteiger partial charge in [0.15, 0.2) is 5.84 Å². The number of hydrazone groups is 1. The largest absolute Gasteiger partial charge is 0.416 e. The third kappa shape index (κ3) is 7.48. The van der Waals surface area contributed by atoms with Crippen molar-refractivity contribution in [2.75, 3.05) is 30.0 Å². The maximum Gasteiger partial charge on any atom is 0.416 e. The van der Waals surface area contributed by atoms with Gasteiger partial charge in [0.1, 0.15) is 0 Å². The average Bonchev–Trinajstić information content (AvgIpc) is 2.60. The lowest BCUT2D eigenvalue weighted by molar-refractivity contribution is -0.137. The fourth-order valence-electron chi connectivity index (χ4n) is 2.20. The summed E-state index contributed by atoms with van der Waals surface area (Å²) in [6.45, 7) is -0.0755. The van der Waals surface area contributed by atoms with Crippen LogP contribution in [0.2, 0.25) is 0 Å². The Labute approximate surface area is 171 Å². The van der Waals surface area contributed by atoms with Crippen molar-refractivity contribution in [3.63, 3.8) is 0 Å². The number of nitrogens with two attached hydrogens (primary N) is 2. The van der Waals surface area contributed by atoms with Crippen LogP contribution in [0, 0.1) is 0 Å². The van der Waals surface area contributed by atoms with Crippen LogP contribution in [-0.2, 0) is 6.18 Å². The SMILES string of the molecule is C1CSC1.N/C(=N\N(N)CCO)c1ccccc1Nc1ccc(C(F)(F)F)cc1. The monoisotopic (exact) mass is 427 g/mol. The van der Waals surface area contributed by atoms with Crippen molar-refractivity contribution in [3.8, 4) is 0 Å². The molecule has 1 saturated heterocycles. The Balaban J connectivity index is 0.000000666. The average molecular weight is 427 g/mol. The number of para-hydroxylation sites is 1. The lowest BCUT2D eigenvalue weighted by atomic mass is 10.1. The molecule has 0 spiro atoms. The molecule has 10 heteroatoms. The number of aliphatic hydroxyl groups is 1. The van der Waals surface area contributed by atoms with Gasteiger partial charge in [-0.1, -0.05) is 12.1 Å². The zero-order valence-corrected chi connectivity index (χ0v) is 16.5. The molecule has 158 valence electrons. The molecule has 0 aliphatic carbocycles. The molecule has 6 nitrogen and oxygen atoms in total. The Kier molecular flexibility index (Phi) is 8.62. The van der Waals surface area contributed by atoms with Crippen molar-refractivity contribution >= 4 is 29.0 Å². The number of nitrogens with one attached hydrogen (secondary N) is 1. The summed E-state index contributed by atoms with van der Waals surface area (Å²) in [5.41, 5.74) is 6.74. The van der Waals surface area contributed by atoms with Crippen LogP contribution in [0.25, 0.3) is 0 Å². The van der Waals surface area contributed by atoms with Gasteiger partial charge in [-0.25, -0.2) is 11.0 Å². The van der Waals surface area contributed by atoms with Gasteiger partial charge in [0.05, 0.1) is 18.7 Å². The molecule has 0 radical (unpaired) electrons. The smallest absolute Gasteiger partial charge is 0.394 e. The molecule has 1 fully saturated rings. The second kappa shape index (κ2) is 10.9. The highest BCUT2D eigenvalue weighted by atomic mass is 32.2. The summed E-state index contributed by atoms with van der Waals surface area (Å²) >= 11 is 2.04. The minimum atomic E-state index is -4.38. The highest BCUT2D eigenvalue weighted by Crippen LogP contribution is 2.30. The fourth-order valence-corrected chi connectivity index (χ4v) is 2.49. The zero-order valence-electron chi connectivity index (χ0n) is 15.7. The Morgan fingerprint density at radius 3 is 2.24 bits per heavy atom. The van der Waals surface area contributed by atoms with Gasteiger partial charge in [-0.3, -0.25) is 0 Å². The molecule has 29 heavy (non-hydrogen) atoms. The lowest BCUT2D eigenvalue weighted by Gasteiger charge is -2.15. The quantitative estimate of drug-likeness (QED) is 0.244. The predicted octanol–water partition coefficient (Wildman–Crippen LogP) is 3.36. The summed E-state index contributed by atoms with van der Waals surface area (Å²) < 4.78 is 37.8. The molecule has 3 rings (SSSR count). The summed E-state index contributed by atoms with van der Waals surface area (Å²) in [5, 5.41) is 16.8. The van der Waals surface area contributed by atoms with Gasteiger partial charge in [-0.2, -0.15) is 24.9 Å². The third-order valence-corrected chi connectivity index (χ3v) is 4.99. The molecule has 0 aromatic heterocycles. The summed E-state index contributed by atoms with van der Waals surface area (Å²) in [5.74, 6) is 8.50. The highest BCUT2D eigenvalue weighted by molar-refractivity contribution is 8.00. The summed E-state index contributed by atoms with van der Waals surface area (Å²) in [7, 11) is 0. The van der Waals surface area contributed by atoms with Crippen LogP contribution < -0.4 is 16.9 Å². The van der Waals surface area contributed by atoms with E-state index in [-0.39, 0.29) is 19.0 Å². The van der Waals surface area contributed by atoms with E-state index >= 15 is 0 Å². The van der Waals surface area contributed by atoms with Crippen molar-refractivity contribution in [2.24, 2.45) is 16.7 Å². The highest BCUT2D eigenvalue weighted by Gasteiger charge is 2.29. The number of halogens is 3. The van der Waals surface area contributed by atoms with Crippen molar-refractivity contribution in [2.45, 2.75) is 12.6 Å². The molecule has 0 bridgehead atoms. The molecule has 0 saturated carbocycles. The van der Waals surface area contributed by atoms with E-state index in [4.69, 9.17) is 16.7 Å². The number of anilines is 2. The molecule has 6 N–H and O–H groups in total. The molecule has 1 aliphatic heterocycles. The molecule has 2 aromatic carbocycles. The number of aliphatic hydroxyl groups excluding tert-OH is 1. The normalized spacial score (nSPS) is 13.8. The Bertz CT molecular complexity index is 791. The van der Waals surface area contributed by atoms with E-state index in [1.54, 1.807) is 24.3 Å². The van der Waals surface area contributed by atoms with E-state index in [1.807, 2.05) is 11.8 Å². The topological polar surface area (TPSA) is 99.9 Å². The summed E-state index contributed by atoms with van der Waals surface area (Å²) in [6.07, 6.45) is -2.92. The van der Waals surface area contributed by atoms with Crippen LogP contribution >= 0.6 is 11.8 Å². The Morgan fingerprint density at radius 1 is 1.14 bits per heavy atom. The Hall–Kier alpha value is -2.43. The predicted molar refractivity (Wildman–Crippen MR) is 112 cm³/mol. The maximum atomic E-state index is 12.6. The number of rotatable bonds is 6. The number of hydrazine groups is 1. The first-order chi connectivity index (χ1) is 13.8. The van der Waals surface area contributed by atoms with Crippen LogP contribution in [0.5, 0.6) is 0 Å². The van der Waals surface area contributed by atoms with Gasteiger partial charge in [0, 0.05) is 16.9 Å². The maximum absolute atomic E-state index is 12.6. The van der Waals surface area contributed by atoms with Crippen molar-refractivity contribution in [3.05, 3.63) is 59.7 Å². The summed E-state index contributed by atoms with van der Waals surface area (Å²) in [4.78, 5) is 0. The standard InChI is InChI=1S/C16H18F3N5O.C3H6S/c17-16(18,19)11-5-7-12(8-6-11)22-14-4-2-1-3-13(14)15(20)23-24(21)9-10-25;1-2-4-3-1/h1-8,22,25H,9-10,21H2,(H2,20,23);1-3H2. The first-order valence-electron chi connectivity index (χ1n) is 8.90. The molecule has 1 aliphatic rings. The number of amidine groups is 1. The van der Waals surface area contributed by atoms with Crippen LogP contribution in [0.15, 0.2) is 53.6 Å². The van der Waals surface area contributed by atoms with Gasteiger partial charge in [-0.15, -0.1) is 5.10 Å².